The van der Waals surface area contributed by atoms with Crippen molar-refractivity contribution in [1.29, 1.82) is 5.26 Å². The minimum absolute atomic E-state index is 0.283. The zero-order valence-electron chi connectivity index (χ0n) is 9.91. The second-order valence-corrected chi connectivity index (χ2v) is 3.41. The Bertz CT molecular complexity index is 438. The van der Waals surface area contributed by atoms with Gasteiger partial charge in [0.05, 0.1) is 24.4 Å². The van der Waals surface area contributed by atoms with Gasteiger partial charge in [0.25, 0.3) is 0 Å². The molecular weight excluding hydrogens is 218 g/mol. The van der Waals surface area contributed by atoms with Crippen molar-refractivity contribution in [2.24, 2.45) is 0 Å². The van der Waals surface area contributed by atoms with Crippen molar-refractivity contribution in [2.75, 3.05) is 19.0 Å². The van der Waals surface area contributed by atoms with Crippen LogP contribution in [-0.2, 0) is 0 Å². The summed E-state index contributed by atoms with van der Waals surface area (Å²) in [6.07, 6.45) is 0.873. The zero-order valence-corrected chi connectivity index (χ0v) is 9.91. The van der Waals surface area contributed by atoms with Crippen LogP contribution in [-0.4, -0.2) is 19.7 Å². The van der Waals surface area contributed by atoms with Crippen LogP contribution < -0.4 is 15.4 Å². The van der Waals surface area contributed by atoms with Crippen LogP contribution in [0, 0.1) is 11.3 Å². The molecule has 1 aromatic carbocycles. The number of rotatable bonds is 4. The monoisotopic (exact) mass is 233 g/mol. The van der Waals surface area contributed by atoms with Gasteiger partial charge in [0.2, 0.25) is 0 Å². The van der Waals surface area contributed by atoms with E-state index in [1.54, 1.807) is 18.2 Å². The lowest BCUT2D eigenvalue weighted by molar-refractivity contribution is 0.252. The van der Waals surface area contributed by atoms with Gasteiger partial charge < -0.3 is 15.4 Å². The van der Waals surface area contributed by atoms with Crippen molar-refractivity contribution in [3.05, 3.63) is 23.8 Å². The van der Waals surface area contributed by atoms with Gasteiger partial charge in [0, 0.05) is 12.6 Å². The van der Waals surface area contributed by atoms with Gasteiger partial charge in [-0.25, -0.2) is 4.79 Å². The molecule has 0 fully saturated rings. The molecule has 0 atom stereocenters. The highest BCUT2D eigenvalue weighted by Gasteiger charge is 2.07. The largest absolute Gasteiger partial charge is 0.495 e. The third kappa shape index (κ3) is 3.68. The lowest BCUT2D eigenvalue weighted by Gasteiger charge is -2.10. The van der Waals surface area contributed by atoms with E-state index in [0.29, 0.717) is 23.5 Å². The first-order valence-electron chi connectivity index (χ1n) is 5.34. The Kier molecular flexibility index (Phi) is 4.82. The number of nitrogens with one attached hydrogen (secondary N) is 2. The maximum Gasteiger partial charge on any atom is 0.319 e. The number of hydrogen-bond donors (Lipinski definition) is 2. The quantitative estimate of drug-likeness (QED) is 0.836. The van der Waals surface area contributed by atoms with Crippen molar-refractivity contribution < 1.29 is 9.53 Å². The third-order valence-electron chi connectivity index (χ3n) is 2.11. The number of hydrogen-bond acceptors (Lipinski definition) is 3. The van der Waals surface area contributed by atoms with Gasteiger partial charge in [0.15, 0.2) is 0 Å². The normalized spacial score (nSPS) is 9.24. The molecule has 0 radical (unpaired) electrons. The molecule has 0 saturated heterocycles. The van der Waals surface area contributed by atoms with Crippen LogP contribution in [0.2, 0.25) is 0 Å². The number of methoxy groups -OCH3 is 1. The Morgan fingerprint density at radius 3 is 2.88 bits per heavy atom. The van der Waals surface area contributed by atoms with E-state index in [9.17, 15) is 4.79 Å². The molecule has 0 aliphatic rings. The van der Waals surface area contributed by atoms with E-state index in [-0.39, 0.29) is 6.03 Å². The molecule has 0 unspecified atom stereocenters. The van der Waals surface area contributed by atoms with Crippen LogP contribution >= 0.6 is 0 Å². The Hall–Kier alpha value is -2.22. The van der Waals surface area contributed by atoms with Gasteiger partial charge >= 0.3 is 6.03 Å². The van der Waals surface area contributed by atoms with E-state index in [1.165, 1.54) is 7.11 Å². The van der Waals surface area contributed by atoms with E-state index in [1.807, 2.05) is 13.0 Å². The van der Waals surface area contributed by atoms with Crippen LogP contribution in [0.25, 0.3) is 0 Å². The number of anilines is 1. The van der Waals surface area contributed by atoms with Crippen LogP contribution in [0.3, 0.4) is 0 Å². The summed E-state index contributed by atoms with van der Waals surface area (Å²) in [6, 6.07) is 6.57. The predicted octanol–water partition coefficient (Wildman–Crippen LogP) is 2.10. The van der Waals surface area contributed by atoms with E-state index >= 15 is 0 Å². The van der Waals surface area contributed by atoms with E-state index < -0.39 is 0 Å². The minimum Gasteiger partial charge on any atom is -0.495 e. The van der Waals surface area contributed by atoms with Gasteiger partial charge in [-0.3, -0.25) is 0 Å². The molecule has 90 valence electrons. The first-order valence-corrected chi connectivity index (χ1v) is 5.34. The first-order chi connectivity index (χ1) is 8.21. The van der Waals surface area contributed by atoms with Gasteiger partial charge in [-0.2, -0.15) is 5.26 Å². The SMILES string of the molecule is CCCNC(=O)Nc1ccc(C#N)cc1OC. The molecule has 0 spiro atoms. The summed E-state index contributed by atoms with van der Waals surface area (Å²) in [4.78, 5) is 11.5. The van der Waals surface area contributed by atoms with Crippen molar-refractivity contribution in [1.82, 2.24) is 5.32 Å². The number of urea groups is 1. The Balaban J connectivity index is 2.77. The number of benzene rings is 1. The van der Waals surface area contributed by atoms with Crippen LogP contribution in [0.5, 0.6) is 5.75 Å². The molecule has 5 nitrogen and oxygen atoms in total. The van der Waals surface area contributed by atoms with E-state index in [0.717, 1.165) is 6.42 Å². The molecule has 2 N–H and O–H groups in total. The summed E-state index contributed by atoms with van der Waals surface area (Å²) in [5.41, 5.74) is 1.03. The number of nitriles is 1. The summed E-state index contributed by atoms with van der Waals surface area (Å²) in [5, 5.41) is 14.1. The molecule has 0 aliphatic heterocycles. The van der Waals surface area contributed by atoms with Crippen molar-refractivity contribution >= 4 is 11.7 Å². The lowest BCUT2D eigenvalue weighted by Crippen LogP contribution is -2.29. The maximum absolute atomic E-state index is 11.5. The highest BCUT2D eigenvalue weighted by molar-refractivity contribution is 5.91. The average Bonchev–Trinajstić information content (AvgIpc) is 2.36. The van der Waals surface area contributed by atoms with E-state index in [2.05, 4.69) is 10.6 Å². The van der Waals surface area contributed by atoms with Crippen molar-refractivity contribution in [3.63, 3.8) is 0 Å². The van der Waals surface area contributed by atoms with Gasteiger partial charge in [0.1, 0.15) is 5.75 Å². The maximum atomic E-state index is 11.5. The molecule has 17 heavy (non-hydrogen) atoms. The number of nitrogens with zero attached hydrogens (tertiary/aromatic N) is 1. The molecule has 0 aliphatic carbocycles. The topological polar surface area (TPSA) is 74.2 Å². The van der Waals surface area contributed by atoms with Crippen LogP contribution in [0.4, 0.5) is 10.5 Å². The van der Waals surface area contributed by atoms with Crippen molar-refractivity contribution in [3.8, 4) is 11.8 Å². The van der Waals surface area contributed by atoms with Gasteiger partial charge in [-0.15, -0.1) is 0 Å². The second-order valence-electron chi connectivity index (χ2n) is 3.41. The molecule has 0 aromatic heterocycles. The summed E-state index contributed by atoms with van der Waals surface area (Å²) in [6.45, 7) is 2.59. The minimum atomic E-state index is -0.283. The van der Waals surface area contributed by atoms with E-state index in [4.69, 9.17) is 10.00 Å². The van der Waals surface area contributed by atoms with Gasteiger partial charge in [-0.1, -0.05) is 6.92 Å². The Labute approximate surface area is 100 Å². The molecule has 1 rings (SSSR count). The molecule has 5 heteroatoms. The van der Waals surface area contributed by atoms with Crippen LogP contribution in [0.1, 0.15) is 18.9 Å². The standard InChI is InChI=1S/C12H15N3O2/c1-3-6-14-12(16)15-10-5-4-9(8-13)7-11(10)17-2/h4-5,7H,3,6H2,1-2H3,(H2,14,15,16). The number of ether oxygens (including phenoxy) is 1. The fourth-order valence-electron chi connectivity index (χ4n) is 1.27. The predicted molar refractivity (Wildman–Crippen MR) is 65.0 cm³/mol. The number of carbonyl (C=O) groups is 1. The fraction of sp³-hybridized carbons (Fsp3) is 0.333. The molecular formula is C12H15N3O2. The molecule has 0 heterocycles. The smallest absolute Gasteiger partial charge is 0.319 e. The highest BCUT2D eigenvalue weighted by Crippen LogP contribution is 2.25. The summed E-state index contributed by atoms with van der Waals surface area (Å²) in [7, 11) is 1.49. The summed E-state index contributed by atoms with van der Waals surface area (Å²) < 4.78 is 5.10. The zero-order chi connectivity index (χ0) is 12.7. The number of carbonyl (C=O) groups excluding carboxylic acids is 1. The number of amides is 2. The second kappa shape index (κ2) is 6.38. The Morgan fingerprint density at radius 1 is 1.53 bits per heavy atom. The lowest BCUT2D eigenvalue weighted by atomic mass is 10.2. The van der Waals surface area contributed by atoms with Crippen molar-refractivity contribution in [2.45, 2.75) is 13.3 Å². The molecule has 0 bridgehead atoms. The average molecular weight is 233 g/mol. The van der Waals surface area contributed by atoms with Gasteiger partial charge in [-0.05, 0) is 18.6 Å². The summed E-state index contributed by atoms with van der Waals surface area (Å²) >= 11 is 0. The molecule has 0 saturated carbocycles. The fourth-order valence-corrected chi connectivity index (χ4v) is 1.27. The molecule has 1 aromatic rings. The third-order valence-corrected chi connectivity index (χ3v) is 2.11. The highest BCUT2D eigenvalue weighted by atomic mass is 16.5. The Morgan fingerprint density at radius 2 is 2.29 bits per heavy atom. The first kappa shape index (κ1) is 12.8. The van der Waals surface area contributed by atoms with Crippen LogP contribution in [0.15, 0.2) is 18.2 Å². The molecule has 2 amide bonds. The summed E-state index contributed by atoms with van der Waals surface area (Å²) in [5.74, 6) is 0.468.